The highest BCUT2D eigenvalue weighted by Crippen LogP contribution is 2.16. The van der Waals surface area contributed by atoms with Crippen LogP contribution >= 0.6 is 24.0 Å². The highest BCUT2D eigenvalue weighted by atomic mass is 127. The minimum Gasteiger partial charge on any atom is -0.435 e. The summed E-state index contributed by atoms with van der Waals surface area (Å²) in [5.41, 5.74) is 2.03. The maximum Gasteiger partial charge on any atom is 0.387 e. The molecule has 0 aliphatic rings. The first-order valence-corrected chi connectivity index (χ1v) is 9.04. The number of rotatable bonds is 8. The standard InChI is InChI=1S/C20H27F2N5O.HI/c1-5-23-20(25-13-16-10-11-24-18(12-16)26(2)3)27(4)14-15-6-8-17(9-7-15)28-19(21)22;/h6-12,19H,5,13-14H2,1-4H3,(H,23,25);1H. The molecule has 0 atom stereocenters. The lowest BCUT2D eigenvalue weighted by atomic mass is 10.2. The van der Waals surface area contributed by atoms with E-state index in [1.165, 1.54) is 0 Å². The molecule has 0 aliphatic carbocycles. The molecule has 29 heavy (non-hydrogen) atoms. The molecule has 1 heterocycles. The van der Waals surface area contributed by atoms with Gasteiger partial charge in [0, 0.05) is 40.4 Å². The van der Waals surface area contributed by atoms with Crippen LogP contribution in [0.3, 0.4) is 0 Å². The summed E-state index contributed by atoms with van der Waals surface area (Å²) >= 11 is 0. The Bertz CT molecular complexity index is 772. The lowest BCUT2D eigenvalue weighted by Gasteiger charge is -2.22. The number of hydrogen-bond acceptors (Lipinski definition) is 4. The van der Waals surface area contributed by atoms with Gasteiger partial charge in [-0.3, -0.25) is 0 Å². The molecule has 0 bridgehead atoms. The van der Waals surface area contributed by atoms with Crippen molar-refractivity contribution in [3.63, 3.8) is 0 Å². The Morgan fingerprint density at radius 1 is 1.14 bits per heavy atom. The molecule has 0 aliphatic heterocycles. The fraction of sp³-hybridized carbons (Fsp3) is 0.400. The van der Waals surface area contributed by atoms with E-state index in [2.05, 4.69) is 15.0 Å². The molecule has 1 aromatic carbocycles. The van der Waals surface area contributed by atoms with E-state index in [1.807, 2.05) is 50.0 Å². The van der Waals surface area contributed by atoms with Crippen LogP contribution in [-0.2, 0) is 13.1 Å². The number of ether oxygens (including phenoxy) is 1. The Morgan fingerprint density at radius 3 is 2.41 bits per heavy atom. The number of aliphatic imine (C=N–C) groups is 1. The lowest BCUT2D eigenvalue weighted by molar-refractivity contribution is -0.0498. The summed E-state index contributed by atoms with van der Waals surface area (Å²) in [5.74, 6) is 1.80. The van der Waals surface area contributed by atoms with E-state index in [-0.39, 0.29) is 29.7 Å². The number of halogens is 3. The van der Waals surface area contributed by atoms with Crippen molar-refractivity contribution in [3.8, 4) is 5.75 Å². The second-order valence-corrected chi connectivity index (χ2v) is 6.47. The first-order valence-electron chi connectivity index (χ1n) is 9.04. The molecule has 2 rings (SSSR count). The number of alkyl halides is 2. The van der Waals surface area contributed by atoms with Gasteiger partial charge in [0.25, 0.3) is 0 Å². The first kappa shape index (κ1) is 24.9. The van der Waals surface area contributed by atoms with Crippen molar-refractivity contribution >= 4 is 35.8 Å². The Labute approximate surface area is 188 Å². The predicted octanol–water partition coefficient (Wildman–Crippen LogP) is 3.96. The number of benzene rings is 1. The van der Waals surface area contributed by atoms with Crippen molar-refractivity contribution in [1.82, 2.24) is 15.2 Å². The second kappa shape index (κ2) is 12.4. The van der Waals surface area contributed by atoms with Crippen LogP contribution in [0.2, 0.25) is 0 Å². The van der Waals surface area contributed by atoms with E-state index < -0.39 is 6.61 Å². The molecule has 0 unspecified atom stereocenters. The average molecular weight is 519 g/mol. The molecule has 160 valence electrons. The van der Waals surface area contributed by atoms with Crippen LogP contribution in [0.15, 0.2) is 47.6 Å². The molecule has 1 N–H and O–H groups in total. The van der Waals surface area contributed by atoms with Crippen LogP contribution in [0.25, 0.3) is 0 Å². The normalized spacial score (nSPS) is 11.1. The summed E-state index contributed by atoms with van der Waals surface area (Å²) in [4.78, 5) is 12.9. The van der Waals surface area contributed by atoms with Gasteiger partial charge in [-0.1, -0.05) is 12.1 Å². The van der Waals surface area contributed by atoms with E-state index in [9.17, 15) is 8.78 Å². The van der Waals surface area contributed by atoms with Crippen LogP contribution in [-0.4, -0.2) is 50.1 Å². The summed E-state index contributed by atoms with van der Waals surface area (Å²) in [6, 6.07) is 10.6. The van der Waals surface area contributed by atoms with Gasteiger partial charge in [-0.2, -0.15) is 8.78 Å². The number of aromatic nitrogens is 1. The third-order valence-corrected chi connectivity index (χ3v) is 3.94. The Balaban J connectivity index is 0.00000420. The second-order valence-electron chi connectivity index (χ2n) is 6.47. The minimum atomic E-state index is -2.82. The Morgan fingerprint density at radius 2 is 1.83 bits per heavy atom. The van der Waals surface area contributed by atoms with Crippen molar-refractivity contribution < 1.29 is 13.5 Å². The van der Waals surface area contributed by atoms with Crippen molar-refractivity contribution in [2.45, 2.75) is 26.6 Å². The summed E-state index contributed by atoms with van der Waals surface area (Å²) in [6.07, 6.45) is 1.78. The van der Waals surface area contributed by atoms with Gasteiger partial charge in [0.1, 0.15) is 11.6 Å². The zero-order chi connectivity index (χ0) is 20.5. The monoisotopic (exact) mass is 519 g/mol. The highest BCUT2D eigenvalue weighted by Gasteiger charge is 2.08. The van der Waals surface area contributed by atoms with Gasteiger partial charge in [0.05, 0.1) is 6.54 Å². The Hall–Kier alpha value is -2.17. The third-order valence-electron chi connectivity index (χ3n) is 3.94. The first-order chi connectivity index (χ1) is 13.4. The summed E-state index contributed by atoms with van der Waals surface area (Å²) in [7, 11) is 5.83. The van der Waals surface area contributed by atoms with Gasteiger partial charge in [-0.15, -0.1) is 24.0 Å². The van der Waals surface area contributed by atoms with Crippen LogP contribution in [0, 0.1) is 0 Å². The maximum absolute atomic E-state index is 12.3. The molecule has 0 saturated carbocycles. The van der Waals surface area contributed by atoms with Gasteiger partial charge in [-0.25, -0.2) is 9.98 Å². The number of pyridine rings is 1. The van der Waals surface area contributed by atoms with Crippen molar-refractivity contribution in [2.75, 3.05) is 32.6 Å². The quantitative estimate of drug-likeness (QED) is 0.325. The summed E-state index contributed by atoms with van der Waals surface area (Å²) in [5, 5.41) is 3.27. The highest BCUT2D eigenvalue weighted by molar-refractivity contribution is 14.0. The predicted molar refractivity (Wildman–Crippen MR) is 123 cm³/mol. The van der Waals surface area contributed by atoms with Crippen LogP contribution < -0.4 is 15.0 Å². The SMILES string of the molecule is CCNC(=NCc1ccnc(N(C)C)c1)N(C)Cc1ccc(OC(F)F)cc1.I. The fourth-order valence-corrected chi connectivity index (χ4v) is 2.56. The summed E-state index contributed by atoms with van der Waals surface area (Å²) in [6.45, 7) is 1.04. The van der Waals surface area contributed by atoms with Gasteiger partial charge in [-0.05, 0) is 42.3 Å². The number of nitrogens with zero attached hydrogens (tertiary/aromatic N) is 4. The van der Waals surface area contributed by atoms with E-state index in [4.69, 9.17) is 4.99 Å². The summed E-state index contributed by atoms with van der Waals surface area (Å²) < 4.78 is 28.9. The molecule has 0 radical (unpaired) electrons. The molecular weight excluding hydrogens is 491 g/mol. The van der Waals surface area contributed by atoms with Crippen LogP contribution in [0.1, 0.15) is 18.1 Å². The average Bonchev–Trinajstić information content (AvgIpc) is 2.66. The minimum absolute atomic E-state index is 0. The van der Waals surface area contributed by atoms with Gasteiger partial charge < -0.3 is 19.9 Å². The zero-order valence-electron chi connectivity index (χ0n) is 17.1. The van der Waals surface area contributed by atoms with E-state index >= 15 is 0 Å². The molecule has 0 saturated heterocycles. The lowest BCUT2D eigenvalue weighted by Crippen LogP contribution is -2.38. The van der Waals surface area contributed by atoms with Crippen LogP contribution in [0.4, 0.5) is 14.6 Å². The number of nitrogens with one attached hydrogen (secondary N) is 1. The Kier molecular flexibility index (Phi) is 10.6. The molecule has 6 nitrogen and oxygen atoms in total. The van der Waals surface area contributed by atoms with Gasteiger partial charge in [0.15, 0.2) is 5.96 Å². The number of anilines is 1. The van der Waals surface area contributed by atoms with Crippen molar-refractivity contribution in [1.29, 1.82) is 0 Å². The van der Waals surface area contributed by atoms with Crippen molar-refractivity contribution in [2.24, 2.45) is 4.99 Å². The maximum atomic E-state index is 12.3. The van der Waals surface area contributed by atoms with Gasteiger partial charge in [0.2, 0.25) is 0 Å². The zero-order valence-corrected chi connectivity index (χ0v) is 19.4. The molecule has 9 heteroatoms. The van der Waals surface area contributed by atoms with Crippen molar-refractivity contribution in [3.05, 3.63) is 53.7 Å². The number of hydrogen-bond donors (Lipinski definition) is 1. The number of guanidine groups is 1. The largest absolute Gasteiger partial charge is 0.435 e. The molecule has 2 aromatic rings. The topological polar surface area (TPSA) is 53.0 Å². The van der Waals surface area contributed by atoms with E-state index in [0.717, 1.165) is 29.4 Å². The van der Waals surface area contributed by atoms with E-state index in [0.29, 0.717) is 13.1 Å². The van der Waals surface area contributed by atoms with Gasteiger partial charge >= 0.3 is 6.61 Å². The smallest absolute Gasteiger partial charge is 0.387 e. The molecule has 0 spiro atoms. The molecule has 1 aromatic heterocycles. The fourth-order valence-electron chi connectivity index (χ4n) is 2.56. The molecule has 0 amide bonds. The third kappa shape index (κ3) is 8.38. The van der Waals surface area contributed by atoms with E-state index in [1.54, 1.807) is 30.5 Å². The molecule has 0 fully saturated rings. The van der Waals surface area contributed by atoms with Crippen LogP contribution in [0.5, 0.6) is 5.75 Å². The molecular formula is C20H28F2IN5O.